The van der Waals surface area contributed by atoms with Crippen LogP contribution in [0.2, 0.25) is 5.54 Å². The first-order valence-corrected chi connectivity index (χ1v) is 7.18. The van der Waals surface area contributed by atoms with Crippen LogP contribution in [0.25, 0.3) is 0 Å². The minimum atomic E-state index is -0.850. The van der Waals surface area contributed by atoms with E-state index >= 15 is 0 Å². The number of hydrogen-bond donors (Lipinski definition) is 0. The quantitative estimate of drug-likeness (QED) is 0.607. The number of nitrogens with zero attached hydrogens (tertiary/aromatic N) is 2. The van der Waals surface area contributed by atoms with Gasteiger partial charge in [-0.25, -0.2) is 0 Å². The Kier molecular flexibility index (Phi) is 6.64. The van der Waals surface area contributed by atoms with Gasteiger partial charge in [-0.2, -0.15) is 0 Å². The van der Waals surface area contributed by atoms with Crippen LogP contribution in [0, 0.1) is 0 Å². The van der Waals surface area contributed by atoms with Gasteiger partial charge in [-0.1, -0.05) is 34.1 Å². The Balaban J connectivity index is 4.38. The second-order valence-electron chi connectivity index (χ2n) is 3.98. The summed E-state index contributed by atoms with van der Waals surface area (Å²) in [4.78, 5) is 0. The van der Waals surface area contributed by atoms with Crippen molar-refractivity contribution in [3.8, 4) is 0 Å². The normalized spacial score (nSPS) is 16.6. The van der Waals surface area contributed by atoms with Gasteiger partial charge in [0, 0.05) is 0 Å². The zero-order valence-corrected chi connectivity index (χ0v) is 11.3. The van der Waals surface area contributed by atoms with Crippen molar-refractivity contribution < 1.29 is 0 Å². The lowest BCUT2D eigenvalue weighted by atomic mass is 10.4. The smallest absolute Gasteiger partial charge is 0.192 e. The van der Waals surface area contributed by atoms with Crippen LogP contribution in [-0.2, 0) is 0 Å². The van der Waals surface area contributed by atoms with Crippen molar-refractivity contribution in [2.45, 2.75) is 39.7 Å². The molecule has 2 atom stereocenters. The molecule has 0 heterocycles. The maximum atomic E-state index is 2.66. The molecule has 2 nitrogen and oxygen atoms in total. The molecule has 0 aromatic rings. The van der Waals surface area contributed by atoms with Gasteiger partial charge in [0.15, 0.2) is 9.12 Å². The van der Waals surface area contributed by atoms with Crippen LogP contribution in [0.5, 0.6) is 0 Å². The van der Waals surface area contributed by atoms with Crippen LogP contribution < -0.4 is 0 Å². The van der Waals surface area contributed by atoms with Gasteiger partial charge < -0.3 is 9.13 Å². The van der Waals surface area contributed by atoms with Crippen molar-refractivity contribution in [2.24, 2.45) is 0 Å². The standard InChI is InChI=1S/C10H26N2Si/c1-7-10(4)13(11(5)6)12(8-2)9-3/h10,13H,7-9H2,1-6H3. The molecule has 0 fully saturated rings. The van der Waals surface area contributed by atoms with Crippen LogP contribution in [0.1, 0.15) is 34.1 Å². The Morgan fingerprint density at radius 3 is 1.77 bits per heavy atom. The molecule has 0 N–H and O–H groups in total. The van der Waals surface area contributed by atoms with Crippen molar-refractivity contribution >= 4 is 9.12 Å². The highest BCUT2D eigenvalue weighted by molar-refractivity contribution is 6.54. The summed E-state index contributed by atoms with van der Waals surface area (Å²) in [7, 11) is 3.63. The third kappa shape index (κ3) is 3.79. The molecule has 13 heavy (non-hydrogen) atoms. The van der Waals surface area contributed by atoms with E-state index in [1.807, 2.05) is 0 Å². The Morgan fingerprint density at radius 1 is 1.08 bits per heavy atom. The molecular formula is C10H26N2Si. The summed E-state index contributed by atoms with van der Waals surface area (Å²) in [6.07, 6.45) is 1.31. The Hall–Kier alpha value is 0.137. The molecule has 0 amide bonds. The lowest BCUT2D eigenvalue weighted by molar-refractivity contribution is 0.409. The first kappa shape index (κ1) is 13.1. The van der Waals surface area contributed by atoms with Crippen molar-refractivity contribution in [3.05, 3.63) is 0 Å². The molecule has 80 valence electrons. The van der Waals surface area contributed by atoms with E-state index in [1.165, 1.54) is 19.5 Å². The molecule has 0 aliphatic heterocycles. The molecule has 0 radical (unpaired) electrons. The minimum absolute atomic E-state index is 0.850. The summed E-state index contributed by atoms with van der Waals surface area (Å²) in [6, 6.07) is 0. The van der Waals surface area contributed by atoms with Crippen LogP contribution in [-0.4, -0.2) is 45.4 Å². The average molecular weight is 202 g/mol. The highest BCUT2D eigenvalue weighted by Crippen LogP contribution is 2.18. The van der Waals surface area contributed by atoms with Crippen molar-refractivity contribution in [1.82, 2.24) is 9.13 Å². The van der Waals surface area contributed by atoms with E-state index in [2.05, 4.69) is 50.9 Å². The molecule has 3 heteroatoms. The fraction of sp³-hybridized carbons (Fsp3) is 1.00. The molecule has 0 aliphatic rings. The number of rotatable bonds is 6. The second kappa shape index (κ2) is 6.57. The third-order valence-corrected chi connectivity index (χ3v) is 6.89. The van der Waals surface area contributed by atoms with E-state index in [-0.39, 0.29) is 0 Å². The summed E-state index contributed by atoms with van der Waals surface area (Å²) in [5.74, 6) is 0. The summed E-state index contributed by atoms with van der Waals surface area (Å²) in [5.41, 5.74) is 0.884. The molecule has 0 aliphatic carbocycles. The zero-order chi connectivity index (χ0) is 10.4. The number of hydrogen-bond acceptors (Lipinski definition) is 2. The van der Waals surface area contributed by atoms with Gasteiger partial charge in [0.05, 0.1) is 0 Å². The van der Waals surface area contributed by atoms with Gasteiger partial charge in [0.2, 0.25) is 0 Å². The van der Waals surface area contributed by atoms with E-state index in [0.29, 0.717) is 0 Å². The van der Waals surface area contributed by atoms with Gasteiger partial charge in [0.1, 0.15) is 0 Å². The zero-order valence-electron chi connectivity index (χ0n) is 10.2. The maximum absolute atomic E-state index is 2.66. The lowest BCUT2D eigenvalue weighted by Gasteiger charge is -2.36. The molecule has 0 saturated heterocycles. The van der Waals surface area contributed by atoms with Gasteiger partial charge in [-0.05, 0) is 32.7 Å². The van der Waals surface area contributed by atoms with Crippen LogP contribution in [0.15, 0.2) is 0 Å². The second-order valence-corrected chi connectivity index (χ2v) is 7.71. The minimum Gasteiger partial charge on any atom is -0.319 e. The van der Waals surface area contributed by atoms with Gasteiger partial charge in [-0.3, -0.25) is 0 Å². The third-order valence-electron chi connectivity index (χ3n) is 2.87. The summed E-state index contributed by atoms with van der Waals surface area (Å²) >= 11 is 0. The molecule has 0 aromatic carbocycles. The molecule has 0 bridgehead atoms. The Morgan fingerprint density at radius 2 is 1.54 bits per heavy atom. The predicted molar refractivity (Wildman–Crippen MR) is 63.5 cm³/mol. The molecule has 0 spiro atoms. The summed E-state index contributed by atoms with van der Waals surface area (Å²) < 4.78 is 5.13. The monoisotopic (exact) mass is 202 g/mol. The SMILES string of the molecule is CCC(C)[SiH](N(C)C)N(CC)CC. The highest BCUT2D eigenvalue weighted by atomic mass is 28.3. The van der Waals surface area contributed by atoms with E-state index in [9.17, 15) is 0 Å². The van der Waals surface area contributed by atoms with E-state index in [4.69, 9.17) is 0 Å². The van der Waals surface area contributed by atoms with E-state index in [0.717, 1.165) is 5.54 Å². The molecular weight excluding hydrogens is 176 g/mol. The fourth-order valence-electron chi connectivity index (χ4n) is 2.00. The lowest BCUT2D eigenvalue weighted by Crippen LogP contribution is -2.51. The highest BCUT2D eigenvalue weighted by Gasteiger charge is 2.25. The molecule has 0 aromatic heterocycles. The molecule has 2 unspecified atom stereocenters. The Labute approximate surface area is 85.7 Å². The van der Waals surface area contributed by atoms with Crippen molar-refractivity contribution in [1.29, 1.82) is 0 Å². The van der Waals surface area contributed by atoms with Gasteiger partial charge in [-0.15, -0.1) is 0 Å². The van der Waals surface area contributed by atoms with Crippen LogP contribution in [0.3, 0.4) is 0 Å². The van der Waals surface area contributed by atoms with Crippen molar-refractivity contribution in [2.75, 3.05) is 27.2 Å². The van der Waals surface area contributed by atoms with Crippen LogP contribution >= 0.6 is 0 Å². The average Bonchev–Trinajstić information content (AvgIpc) is 2.12. The van der Waals surface area contributed by atoms with Crippen molar-refractivity contribution in [3.63, 3.8) is 0 Å². The topological polar surface area (TPSA) is 6.48 Å². The van der Waals surface area contributed by atoms with Gasteiger partial charge in [0.25, 0.3) is 0 Å². The first-order valence-electron chi connectivity index (χ1n) is 5.48. The Bertz CT molecular complexity index is 124. The first-order chi connectivity index (χ1) is 6.08. The molecule has 0 rings (SSSR count). The fourth-order valence-corrected chi connectivity index (χ4v) is 5.56. The van der Waals surface area contributed by atoms with E-state index < -0.39 is 9.12 Å². The van der Waals surface area contributed by atoms with E-state index in [1.54, 1.807) is 0 Å². The largest absolute Gasteiger partial charge is 0.319 e. The summed E-state index contributed by atoms with van der Waals surface area (Å²) in [5, 5.41) is 0. The van der Waals surface area contributed by atoms with Crippen LogP contribution in [0.4, 0.5) is 0 Å². The summed E-state index contributed by atoms with van der Waals surface area (Å²) in [6.45, 7) is 11.7. The molecule has 0 saturated carbocycles. The van der Waals surface area contributed by atoms with Gasteiger partial charge >= 0.3 is 0 Å². The maximum Gasteiger partial charge on any atom is 0.192 e. The predicted octanol–water partition coefficient (Wildman–Crippen LogP) is 1.91.